The average Bonchev–Trinajstić information content (AvgIpc) is 2.68. The minimum Gasteiger partial charge on any atom is -0.492 e. The third kappa shape index (κ3) is 4.61. The molecule has 27 heavy (non-hydrogen) atoms. The molecule has 0 unspecified atom stereocenters. The van der Waals surface area contributed by atoms with Crippen LogP contribution in [0, 0.1) is 5.82 Å². The Labute approximate surface area is 163 Å². The Morgan fingerprint density at radius 2 is 1.89 bits per heavy atom. The standard InChI is InChI=1S/C21H22ClFN2O2/c1-2-27-20-9-4-3-8-19(20)24-12-14-25(15-13-24)21(26)11-10-16-17(22)6-5-7-18(16)23/h3-11H,2,12-15H2,1H3. The topological polar surface area (TPSA) is 32.8 Å². The third-order valence-corrected chi connectivity index (χ3v) is 4.82. The van der Waals surface area contributed by atoms with Crippen LogP contribution in [0.3, 0.4) is 0 Å². The number of nitrogens with zero attached hydrogens (tertiary/aromatic N) is 2. The number of carbonyl (C=O) groups is 1. The van der Waals surface area contributed by atoms with Gasteiger partial charge in [0.05, 0.1) is 17.3 Å². The van der Waals surface area contributed by atoms with Gasteiger partial charge in [-0.3, -0.25) is 4.79 Å². The van der Waals surface area contributed by atoms with Crippen molar-refractivity contribution in [3.63, 3.8) is 0 Å². The van der Waals surface area contributed by atoms with E-state index in [0.717, 1.165) is 11.4 Å². The van der Waals surface area contributed by atoms with Crippen LogP contribution in [0.4, 0.5) is 10.1 Å². The van der Waals surface area contributed by atoms with Crippen LogP contribution in [0.1, 0.15) is 12.5 Å². The normalized spacial score (nSPS) is 14.6. The van der Waals surface area contributed by atoms with Crippen LogP contribution in [0.15, 0.2) is 48.5 Å². The zero-order chi connectivity index (χ0) is 19.2. The smallest absolute Gasteiger partial charge is 0.246 e. The molecule has 1 saturated heterocycles. The summed E-state index contributed by atoms with van der Waals surface area (Å²) in [7, 11) is 0. The number of rotatable bonds is 5. The molecule has 0 aromatic heterocycles. The summed E-state index contributed by atoms with van der Waals surface area (Å²) in [5, 5.41) is 0.288. The van der Waals surface area contributed by atoms with Crippen LogP contribution in [0.5, 0.6) is 5.75 Å². The van der Waals surface area contributed by atoms with E-state index in [2.05, 4.69) is 4.90 Å². The van der Waals surface area contributed by atoms with Crippen LogP contribution < -0.4 is 9.64 Å². The lowest BCUT2D eigenvalue weighted by Crippen LogP contribution is -2.48. The van der Waals surface area contributed by atoms with E-state index in [0.29, 0.717) is 32.8 Å². The van der Waals surface area contributed by atoms with Crippen molar-refractivity contribution < 1.29 is 13.9 Å². The van der Waals surface area contributed by atoms with Gasteiger partial charge in [0.2, 0.25) is 5.91 Å². The van der Waals surface area contributed by atoms with E-state index in [9.17, 15) is 9.18 Å². The Kier molecular flexibility index (Phi) is 6.35. The molecule has 1 amide bonds. The van der Waals surface area contributed by atoms with Gasteiger partial charge in [-0.15, -0.1) is 0 Å². The molecule has 0 N–H and O–H groups in total. The lowest BCUT2D eigenvalue weighted by Gasteiger charge is -2.36. The van der Waals surface area contributed by atoms with E-state index in [1.54, 1.807) is 11.0 Å². The molecule has 3 rings (SSSR count). The molecular formula is C21H22ClFN2O2. The molecule has 0 aliphatic carbocycles. The largest absolute Gasteiger partial charge is 0.492 e. The number of halogens is 2. The monoisotopic (exact) mass is 388 g/mol. The van der Waals surface area contributed by atoms with Gasteiger partial charge in [0.25, 0.3) is 0 Å². The molecule has 0 bridgehead atoms. The minimum atomic E-state index is -0.441. The van der Waals surface area contributed by atoms with Crippen molar-refractivity contribution >= 4 is 29.3 Å². The van der Waals surface area contributed by atoms with E-state index in [-0.39, 0.29) is 16.5 Å². The molecule has 1 heterocycles. The third-order valence-electron chi connectivity index (χ3n) is 4.49. The highest BCUT2D eigenvalue weighted by molar-refractivity contribution is 6.32. The van der Waals surface area contributed by atoms with Gasteiger partial charge in [0, 0.05) is 37.8 Å². The Morgan fingerprint density at radius 3 is 2.59 bits per heavy atom. The number of anilines is 1. The molecule has 2 aromatic carbocycles. The molecule has 0 radical (unpaired) electrons. The second-order valence-corrected chi connectivity index (χ2v) is 6.59. The predicted molar refractivity (Wildman–Crippen MR) is 107 cm³/mol. The predicted octanol–water partition coefficient (Wildman–Crippen LogP) is 4.24. The Hall–Kier alpha value is -2.53. The summed E-state index contributed by atoms with van der Waals surface area (Å²) in [5.74, 6) is 0.268. The number of amides is 1. The molecule has 6 heteroatoms. The first kappa shape index (κ1) is 19.2. The second-order valence-electron chi connectivity index (χ2n) is 6.18. The molecular weight excluding hydrogens is 367 g/mol. The zero-order valence-corrected chi connectivity index (χ0v) is 16.0. The van der Waals surface area contributed by atoms with Crippen LogP contribution in [-0.2, 0) is 4.79 Å². The van der Waals surface area contributed by atoms with E-state index >= 15 is 0 Å². The number of benzene rings is 2. The Bertz CT molecular complexity index is 812. The average molecular weight is 389 g/mol. The van der Waals surface area contributed by atoms with Crippen molar-refractivity contribution in [3.05, 3.63) is 64.9 Å². The first-order valence-corrected chi connectivity index (χ1v) is 9.35. The number of ether oxygens (including phenoxy) is 1. The zero-order valence-electron chi connectivity index (χ0n) is 15.2. The fourth-order valence-corrected chi connectivity index (χ4v) is 3.32. The van der Waals surface area contributed by atoms with Crippen molar-refractivity contribution in [1.29, 1.82) is 0 Å². The van der Waals surface area contributed by atoms with Crippen LogP contribution in [-0.4, -0.2) is 43.6 Å². The number of piperazine rings is 1. The van der Waals surface area contributed by atoms with Crippen molar-refractivity contribution in [1.82, 2.24) is 4.90 Å². The quantitative estimate of drug-likeness (QED) is 0.718. The van der Waals surface area contributed by atoms with Crippen molar-refractivity contribution in [2.24, 2.45) is 0 Å². The fraction of sp³-hybridized carbons (Fsp3) is 0.286. The highest BCUT2D eigenvalue weighted by Crippen LogP contribution is 2.29. The summed E-state index contributed by atoms with van der Waals surface area (Å²) in [6, 6.07) is 12.4. The van der Waals surface area contributed by atoms with Gasteiger partial charge >= 0.3 is 0 Å². The van der Waals surface area contributed by atoms with Crippen molar-refractivity contribution in [3.8, 4) is 5.75 Å². The Balaban J connectivity index is 1.62. The van der Waals surface area contributed by atoms with Crippen molar-refractivity contribution in [2.45, 2.75) is 6.92 Å². The first-order chi connectivity index (χ1) is 13.1. The number of hydrogen-bond acceptors (Lipinski definition) is 3. The van der Waals surface area contributed by atoms with Crippen molar-refractivity contribution in [2.75, 3.05) is 37.7 Å². The summed E-state index contributed by atoms with van der Waals surface area (Å²) >= 11 is 5.99. The van der Waals surface area contributed by atoms with E-state index in [1.165, 1.54) is 24.3 Å². The SMILES string of the molecule is CCOc1ccccc1N1CCN(C(=O)C=Cc2c(F)cccc2Cl)CC1. The molecule has 0 spiro atoms. The lowest BCUT2D eigenvalue weighted by molar-refractivity contribution is -0.126. The van der Waals surface area contributed by atoms with Gasteiger partial charge in [-0.25, -0.2) is 4.39 Å². The van der Waals surface area contributed by atoms with Gasteiger partial charge < -0.3 is 14.5 Å². The second kappa shape index (κ2) is 8.91. The maximum atomic E-state index is 13.8. The molecule has 1 fully saturated rings. The van der Waals surface area contributed by atoms with Gasteiger partial charge in [-0.1, -0.05) is 29.8 Å². The number of carbonyl (C=O) groups excluding carboxylic acids is 1. The highest BCUT2D eigenvalue weighted by Gasteiger charge is 2.21. The molecule has 4 nitrogen and oxygen atoms in total. The fourth-order valence-electron chi connectivity index (χ4n) is 3.09. The van der Waals surface area contributed by atoms with Crippen LogP contribution in [0.25, 0.3) is 6.08 Å². The summed E-state index contributed by atoms with van der Waals surface area (Å²) < 4.78 is 19.5. The maximum absolute atomic E-state index is 13.8. The molecule has 2 aromatic rings. The lowest BCUT2D eigenvalue weighted by atomic mass is 10.2. The minimum absolute atomic E-state index is 0.146. The maximum Gasteiger partial charge on any atom is 0.246 e. The molecule has 142 valence electrons. The summed E-state index contributed by atoms with van der Waals surface area (Å²) in [4.78, 5) is 16.4. The van der Waals surface area contributed by atoms with Crippen LogP contribution >= 0.6 is 11.6 Å². The molecule has 1 aliphatic heterocycles. The Morgan fingerprint density at radius 1 is 1.15 bits per heavy atom. The number of para-hydroxylation sites is 2. The van der Waals surface area contributed by atoms with E-state index in [4.69, 9.17) is 16.3 Å². The van der Waals surface area contributed by atoms with Gasteiger partial charge in [-0.2, -0.15) is 0 Å². The first-order valence-electron chi connectivity index (χ1n) is 8.98. The molecule has 1 aliphatic rings. The summed E-state index contributed by atoms with van der Waals surface area (Å²) in [5.41, 5.74) is 1.27. The van der Waals surface area contributed by atoms with Gasteiger partial charge in [0.15, 0.2) is 0 Å². The van der Waals surface area contributed by atoms with Gasteiger partial charge in [-0.05, 0) is 37.3 Å². The summed E-state index contributed by atoms with van der Waals surface area (Å²) in [6.07, 6.45) is 2.82. The highest BCUT2D eigenvalue weighted by atomic mass is 35.5. The molecule has 0 saturated carbocycles. The number of hydrogen-bond donors (Lipinski definition) is 0. The molecule has 0 atom stereocenters. The summed E-state index contributed by atoms with van der Waals surface area (Å²) in [6.45, 7) is 5.18. The van der Waals surface area contributed by atoms with Crippen LogP contribution in [0.2, 0.25) is 5.02 Å². The van der Waals surface area contributed by atoms with Gasteiger partial charge in [0.1, 0.15) is 11.6 Å². The van der Waals surface area contributed by atoms with E-state index < -0.39 is 5.82 Å². The van der Waals surface area contributed by atoms with E-state index in [1.807, 2.05) is 31.2 Å².